The number of carbonyl (C=O) groups is 1. The van der Waals surface area contributed by atoms with Crippen molar-refractivity contribution in [1.29, 1.82) is 0 Å². The summed E-state index contributed by atoms with van der Waals surface area (Å²) in [6.45, 7) is 3.93. The number of aliphatic hydroxyl groups is 1. The van der Waals surface area contributed by atoms with Crippen LogP contribution in [0.15, 0.2) is 18.0 Å². The second kappa shape index (κ2) is 6.70. The molecule has 18 heavy (non-hydrogen) atoms. The first kappa shape index (κ1) is 14.1. The number of hydrogen-bond donors (Lipinski definition) is 2. The lowest BCUT2D eigenvalue weighted by Crippen LogP contribution is -2.20. The second-order valence-corrected chi connectivity index (χ2v) is 3.92. The fourth-order valence-corrected chi connectivity index (χ4v) is 1.45. The van der Waals surface area contributed by atoms with Gasteiger partial charge in [0.1, 0.15) is 11.6 Å². The number of allylic oxidation sites excluding steroid dienone is 1. The molecule has 1 heterocycles. The summed E-state index contributed by atoms with van der Waals surface area (Å²) in [7, 11) is 0. The smallest absolute Gasteiger partial charge is 0.214 e. The number of aliphatic hydroxyl groups excluding tert-OH is 1. The van der Waals surface area contributed by atoms with E-state index in [4.69, 9.17) is 10.8 Å². The van der Waals surface area contributed by atoms with Crippen molar-refractivity contribution in [2.45, 2.75) is 26.8 Å². The lowest BCUT2D eigenvalue weighted by atomic mass is 10.2. The molecular formula is C12H18N4O2. The summed E-state index contributed by atoms with van der Waals surface area (Å²) in [5.74, 6) is 0.978. The van der Waals surface area contributed by atoms with Gasteiger partial charge in [-0.15, -0.1) is 0 Å². The van der Waals surface area contributed by atoms with E-state index in [9.17, 15) is 4.79 Å². The van der Waals surface area contributed by atoms with Gasteiger partial charge in [-0.05, 0) is 20.3 Å². The molecule has 0 unspecified atom stereocenters. The van der Waals surface area contributed by atoms with Crippen molar-refractivity contribution in [1.82, 2.24) is 14.9 Å². The topological polar surface area (TPSA) is 92.3 Å². The van der Waals surface area contributed by atoms with Gasteiger partial charge in [-0.3, -0.25) is 4.79 Å². The normalized spacial score (nSPS) is 11.4. The third kappa shape index (κ3) is 3.81. The van der Waals surface area contributed by atoms with Crippen molar-refractivity contribution < 1.29 is 9.90 Å². The van der Waals surface area contributed by atoms with Gasteiger partial charge in [0, 0.05) is 24.1 Å². The van der Waals surface area contributed by atoms with Crippen LogP contribution < -0.4 is 5.73 Å². The summed E-state index contributed by atoms with van der Waals surface area (Å²) >= 11 is 0. The van der Waals surface area contributed by atoms with Crippen LogP contribution in [-0.2, 0) is 11.3 Å². The van der Waals surface area contributed by atoms with Gasteiger partial charge in [0.25, 0.3) is 0 Å². The van der Waals surface area contributed by atoms with Gasteiger partial charge < -0.3 is 15.7 Å². The Morgan fingerprint density at radius 1 is 1.61 bits per heavy atom. The number of amides is 1. The number of aryl methyl sites for hydroxylation is 1. The van der Waals surface area contributed by atoms with Crippen LogP contribution in [0.5, 0.6) is 0 Å². The summed E-state index contributed by atoms with van der Waals surface area (Å²) in [6.07, 6.45) is 4.64. The molecule has 6 heteroatoms. The van der Waals surface area contributed by atoms with Crippen LogP contribution in [0.4, 0.5) is 5.82 Å². The standard InChI is InChI=1S/C12H18N4O2/c1-9(4-3-5-17)16(8-18)7-11-6-14-10(2)15-12(11)13/h4,6,8,17H,3,5,7H2,1-2H3,(H2,13,14,15)/b9-4+. The summed E-state index contributed by atoms with van der Waals surface area (Å²) in [5, 5.41) is 8.74. The molecule has 0 aliphatic carbocycles. The largest absolute Gasteiger partial charge is 0.396 e. The Labute approximate surface area is 106 Å². The zero-order chi connectivity index (χ0) is 13.5. The average Bonchev–Trinajstić information content (AvgIpc) is 2.35. The molecule has 1 aromatic rings. The Kier molecular flexibility index (Phi) is 5.26. The van der Waals surface area contributed by atoms with Gasteiger partial charge in [0.05, 0.1) is 6.54 Å². The highest BCUT2D eigenvalue weighted by molar-refractivity contribution is 5.52. The molecule has 0 aliphatic rings. The first-order chi connectivity index (χ1) is 8.58. The number of rotatable bonds is 6. The van der Waals surface area contributed by atoms with Crippen LogP contribution in [0, 0.1) is 6.92 Å². The van der Waals surface area contributed by atoms with E-state index in [0.29, 0.717) is 30.2 Å². The Bertz CT molecular complexity index is 446. The monoisotopic (exact) mass is 250 g/mol. The number of carbonyl (C=O) groups excluding carboxylic acids is 1. The van der Waals surface area contributed by atoms with Gasteiger partial charge in [0.15, 0.2) is 0 Å². The highest BCUT2D eigenvalue weighted by Crippen LogP contribution is 2.13. The maximum atomic E-state index is 11.0. The number of nitrogens with zero attached hydrogens (tertiary/aromatic N) is 3. The van der Waals surface area contributed by atoms with E-state index in [1.54, 1.807) is 26.1 Å². The first-order valence-corrected chi connectivity index (χ1v) is 5.66. The molecule has 3 N–H and O–H groups in total. The van der Waals surface area contributed by atoms with Crippen molar-refractivity contribution >= 4 is 12.2 Å². The van der Waals surface area contributed by atoms with Gasteiger partial charge in [-0.1, -0.05) is 6.08 Å². The Balaban J connectivity index is 2.82. The van der Waals surface area contributed by atoms with E-state index in [1.807, 2.05) is 0 Å². The quantitative estimate of drug-likeness (QED) is 0.722. The Morgan fingerprint density at radius 3 is 2.89 bits per heavy atom. The molecule has 1 rings (SSSR count). The minimum Gasteiger partial charge on any atom is -0.396 e. The van der Waals surface area contributed by atoms with Crippen LogP contribution >= 0.6 is 0 Å². The van der Waals surface area contributed by atoms with Crippen molar-refractivity contribution in [3.05, 3.63) is 29.4 Å². The third-order valence-electron chi connectivity index (χ3n) is 2.51. The van der Waals surface area contributed by atoms with Crippen LogP contribution in [0.25, 0.3) is 0 Å². The molecule has 1 aromatic heterocycles. The predicted molar refractivity (Wildman–Crippen MR) is 68.2 cm³/mol. The molecule has 0 saturated carbocycles. The minimum atomic E-state index is 0.0554. The van der Waals surface area contributed by atoms with Gasteiger partial charge in [0.2, 0.25) is 6.41 Å². The molecular weight excluding hydrogens is 232 g/mol. The van der Waals surface area contributed by atoms with Crippen molar-refractivity contribution in [2.24, 2.45) is 0 Å². The molecule has 0 fully saturated rings. The Morgan fingerprint density at radius 2 is 2.33 bits per heavy atom. The molecule has 0 aliphatic heterocycles. The van der Waals surface area contributed by atoms with Gasteiger partial charge >= 0.3 is 0 Å². The van der Waals surface area contributed by atoms with Crippen LogP contribution in [0.2, 0.25) is 0 Å². The van der Waals surface area contributed by atoms with Crippen molar-refractivity contribution in [3.63, 3.8) is 0 Å². The maximum absolute atomic E-state index is 11.0. The van der Waals surface area contributed by atoms with Crippen LogP contribution in [0.3, 0.4) is 0 Å². The molecule has 98 valence electrons. The molecule has 0 radical (unpaired) electrons. The summed E-state index contributed by atoms with van der Waals surface area (Å²) in [6, 6.07) is 0. The summed E-state index contributed by atoms with van der Waals surface area (Å²) in [5.41, 5.74) is 7.23. The molecule has 1 amide bonds. The van der Waals surface area contributed by atoms with E-state index in [1.165, 1.54) is 4.90 Å². The zero-order valence-corrected chi connectivity index (χ0v) is 10.6. The number of aromatic nitrogens is 2. The first-order valence-electron chi connectivity index (χ1n) is 5.66. The van der Waals surface area contributed by atoms with Gasteiger partial charge in [-0.2, -0.15) is 0 Å². The molecule has 0 bridgehead atoms. The maximum Gasteiger partial charge on any atom is 0.214 e. The van der Waals surface area contributed by atoms with E-state index in [2.05, 4.69) is 9.97 Å². The van der Waals surface area contributed by atoms with Crippen LogP contribution in [-0.4, -0.2) is 33.0 Å². The molecule has 0 atom stereocenters. The van der Waals surface area contributed by atoms with E-state index < -0.39 is 0 Å². The van der Waals surface area contributed by atoms with E-state index in [0.717, 1.165) is 12.1 Å². The average molecular weight is 250 g/mol. The number of nitrogen functional groups attached to an aromatic ring is 1. The van der Waals surface area contributed by atoms with E-state index >= 15 is 0 Å². The number of nitrogens with two attached hydrogens (primary N) is 1. The zero-order valence-electron chi connectivity index (χ0n) is 10.6. The highest BCUT2D eigenvalue weighted by atomic mass is 16.2. The fraction of sp³-hybridized carbons (Fsp3) is 0.417. The van der Waals surface area contributed by atoms with Crippen molar-refractivity contribution in [2.75, 3.05) is 12.3 Å². The molecule has 0 aromatic carbocycles. The summed E-state index contributed by atoms with van der Waals surface area (Å²) < 4.78 is 0. The molecule has 0 saturated heterocycles. The second-order valence-electron chi connectivity index (χ2n) is 3.92. The highest BCUT2D eigenvalue weighted by Gasteiger charge is 2.09. The summed E-state index contributed by atoms with van der Waals surface area (Å²) in [4.78, 5) is 20.6. The predicted octanol–water partition coefficient (Wildman–Crippen LogP) is 0.612. The van der Waals surface area contributed by atoms with Gasteiger partial charge in [-0.25, -0.2) is 9.97 Å². The van der Waals surface area contributed by atoms with Crippen LogP contribution in [0.1, 0.15) is 24.7 Å². The Hall–Kier alpha value is -1.95. The number of anilines is 1. The molecule has 6 nitrogen and oxygen atoms in total. The lowest BCUT2D eigenvalue weighted by molar-refractivity contribution is -0.116. The fourth-order valence-electron chi connectivity index (χ4n) is 1.45. The van der Waals surface area contributed by atoms with E-state index in [-0.39, 0.29) is 6.61 Å². The van der Waals surface area contributed by atoms with Crippen molar-refractivity contribution in [3.8, 4) is 0 Å². The lowest BCUT2D eigenvalue weighted by Gasteiger charge is -2.18. The molecule has 0 spiro atoms. The number of hydrogen-bond acceptors (Lipinski definition) is 5. The minimum absolute atomic E-state index is 0.0554. The third-order valence-corrected chi connectivity index (χ3v) is 2.51. The SMILES string of the molecule is C/C(=C\CCO)N(C=O)Cc1cnc(C)nc1N.